The SMILES string of the molecule is COc1ccccc1C(CNC(=O)CCc1c(C)nn(CCC#N)c1C)N1CCCCC1. The third-order valence-electron chi connectivity index (χ3n) is 6.39. The number of ether oxygens (including phenoxy) is 1. The Hall–Kier alpha value is -2.85. The maximum absolute atomic E-state index is 12.8. The highest BCUT2D eigenvalue weighted by Gasteiger charge is 2.25. The summed E-state index contributed by atoms with van der Waals surface area (Å²) >= 11 is 0. The average Bonchev–Trinajstić information content (AvgIpc) is 3.09. The first-order chi connectivity index (χ1) is 15.5. The Bertz CT molecular complexity index is 940. The second-order valence-electron chi connectivity index (χ2n) is 8.44. The molecule has 1 aliphatic rings. The van der Waals surface area contributed by atoms with Gasteiger partial charge < -0.3 is 10.1 Å². The Morgan fingerprint density at radius 2 is 2.00 bits per heavy atom. The normalized spacial score (nSPS) is 15.2. The van der Waals surface area contributed by atoms with Crippen LogP contribution in [0.25, 0.3) is 0 Å². The highest BCUT2D eigenvalue weighted by Crippen LogP contribution is 2.31. The zero-order valence-corrected chi connectivity index (χ0v) is 19.6. The average molecular weight is 438 g/mol. The standard InChI is InChI=1S/C25H35N5O2/c1-19-21(20(2)30(28-19)17-9-14-26)12-13-25(31)27-18-23(29-15-7-4-8-16-29)22-10-5-6-11-24(22)32-3/h5-6,10-11,23H,4,7-9,12-13,15-18H2,1-3H3,(H,27,31). The zero-order valence-electron chi connectivity index (χ0n) is 19.6. The van der Waals surface area contributed by atoms with Crippen LogP contribution in [0.15, 0.2) is 24.3 Å². The lowest BCUT2D eigenvalue weighted by Crippen LogP contribution is -2.40. The summed E-state index contributed by atoms with van der Waals surface area (Å²) in [7, 11) is 1.70. The molecule has 7 heteroatoms. The molecule has 0 saturated carbocycles. The number of carbonyl (C=O) groups excluding carboxylic acids is 1. The molecule has 1 unspecified atom stereocenters. The van der Waals surface area contributed by atoms with Crippen LogP contribution < -0.4 is 10.1 Å². The quantitative estimate of drug-likeness (QED) is 0.613. The van der Waals surface area contributed by atoms with Gasteiger partial charge in [-0.15, -0.1) is 0 Å². The molecule has 1 aromatic carbocycles. The van der Waals surface area contributed by atoms with Gasteiger partial charge in [-0.2, -0.15) is 10.4 Å². The molecule has 0 aliphatic carbocycles. The van der Waals surface area contributed by atoms with E-state index in [9.17, 15) is 4.79 Å². The van der Waals surface area contributed by atoms with Gasteiger partial charge in [-0.25, -0.2) is 0 Å². The third-order valence-corrected chi connectivity index (χ3v) is 6.39. The number of piperidine rings is 1. The second kappa shape index (κ2) is 11.7. The molecule has 2 heterocycles. The van der Waals surface area contributed by atoms with Crippen LogP contribution in [-0.4, -0.2) is 47.3 Å². The minimum Gasteiger partial charge on any atom is -0.496 e. The van der Waals surface area contributed by atoms with Gasteiger partial charge in [0.2, 0.25) is 5.91 Å². The molecular formula is C25H35N5O2. The number of nitrogens with zero attached hydrogens (tertiary/aromatic N) is 4. The van der Waals surface area contributed by atoms with Gasteiger partial charge in [0.25, 0.3) is 0 Å². The van der Waals surface area contributed by atoms with Gasteiger partial charge in [-0.05, 0) is 57.8 Å². The van der Waals surface area contributed by atoms with Crippen LogP contribution in [0.3, 0.4) is 0 Å². The van der Waals surface area contributed by atoms with Crippen molar-refractivity contribution >= 4 is 5.91 Å². The molecule has 1 N–H and O–H groups in total. The fourth-order valence-corrected chi connectivity index (χ4v) is 4.61. The lowest BCUT2D eigenvalue weighted by Gasteiger charge is -2.35. The Balaban J connectivity index is 1.63. The van der Waals surface area contributed by atoms with E-state index in [2.05, 4.69) is 27.5 Å². The third kappa shape index (κ3) is 5.89. The van der Waals surface area contributed by atoms with E-state index in [1.165, 1.54) is 19.3 Å². The number of hydrogen-bond donors (Lipinski definition) is 1. The van der Waals surface area contributed by atoms with Crippen molar-refractivity contribution in [1.29, 1.82) is 5.26 Å². The van der Waals surface area contributed by atoms with Crippen LogP contribution in [0.1, 0.15) is 60.7 Å². The molecule has 1 atom stereocenters. The van der Waals surface area contributed by atoms with Gasteiger partial charge in [0.1, 0.15) is 5.75 Å². The molecule has 172 valence electrons. The lowest BCUT2D eigenvalue weighted by molar-refractivity contribution is -0.121. The van der Waals surface area contributed by atoms with Crippen LogP contribution in [0.2, 0.25) is 0 Å². The molecule has 1 aliphatic heterocycles. The number of carbonyl (C=O) groups is 1. The summed E-state index contributed by atoms with van der Waals surface area (Å²) < 4.78 is 7.49. The molecule has 32 heavy (non-hydrogen) atoms. The highest BCUT2D eigenvalue weighted by molar-refractivity contribution is 5.76. The summed E-state index contributed by atoms with van der Waals surface area (Å²) in [5.74, 6) is 0.916. The van der Waals surface area contributed by atoms with Gasteiger partial charge >= 0.3 is 0 Å². The summed E-state index contributed by atoms with van der Waals surface area (Å²) in [5.41, 5.74) is 4.22. The van der Waals surface area contributed by atoms with Gasteiger partial charge in [0.05, 0.1) is 37.9 Å². The number of benzene rings is 1. The molecule has 0 radical (unpaired) electrons. The second-order valence-corrected chi connectivity index (χ2v) is 8.44. The first-order valence-corrected chi connectivity index (χ1v) is 11.6. The van der Waals surface area contributed by atoms with Crippen molar-refractivity contribution in [1.82, 2.24) is 20.0 Å². The number of methoxy groups -OCH3 is 1. The smallest absolute Gasteiger partial charge is 0.220 e. The molecule has 1 amide bonds. The van der Waals surface area contributed by atoms with Crippen LogP contribution in [0.5, 0.6) is 5.75 Å². The van der Waals surface area contributed by atoms with Crippen LogP contribution >= 0.6 is 0 Å². The van der Waals surface area contributed by atoms with Crippen LogP contribution in [0.4, 0.5) is 0 Å². The topological polar surface area (TPSA) is 83.2 Å². The van der Waals surface area contributed by atoms with Crippen LogP contribution in [0, 0.1) is 25.2 Å². The van der Waals surface area contributed by atoms with Crippen molar-refractivity contribution in [2.24, 2.45) is 0 Å². The van der Waals surface area contributed by atoms with E-state index in [-0.39, 0.29) is 11.9 Å². The molecule has 0 spiro atoms. The molecule has 7 nitrogen and oxygen atoms in total. The summed E-state index contributed by atoms with van der Waals surface area (Å²) in [5, 5.41) is 16.5. The molecule has 1 fully saturated rings. The van der Waals surface area contributed by atoms with E-state index in [1.54, 1.807) is 7.11 Å². The van der Waals surface area contributed by atoms with Crippen molar-refractivity contribution in [3.8, 4) is 11.8 Å². The van der Waals surface area contributed by atoms with Gasteiger partial charge in [0, 0.05) is 24.2 Å². The largest absolute Gasteiger partial charge is 0.496 e. The maximum atomic E-state index is 12.8. The molecule has 1 aromatic heterocycles. The number of likely N-dealkylation sites (tertiary alicyclic amines) is 1. The number of nitriles is 1. The van der Waals surface area contributed by atoms with Crippen molar-refractivity contribution in [2.75, 3.05) is 26.7 Å². The Morgan fingerprint density at radius 1 is 1.25 bits per heavy atom. The predicted molar refractivity (Wildman–Crippen MR) is 124 cm³/mol. The van der Waals surface area contributed by atoms with E-state index in [0.29, 0.717) is 32.4 Å². The molecular weight excluding hydrogens is 402 g/mol. The number of rotatable bonds is 10. The Labute approximate surface area is 191 Å². The number of nitrogens with one attached hydrogen (secondary N) is 1. The number of aromatic nitrogens is 2. The van der Waals surface area contributed by atoms with Gasteiger partial charge in [0.15, 0.2) is 0 Å². The fraction of sp³-hybridized carbons (Fsp3) is 0.560. The monoisotopic (exact) mass is 437 g/mol. The first kappa shape index (κ1) is 23.8. The zero-order chi connectivity index (χ0) is 22.9. The molecule has 3 rings (SSSR count). The molecule has 0 bridgehead atoms. The van der Waals surface area contributed by atoms with E-state index < -0.39 is 0 Å². The number of aryl methyl sites for hydroxylation is 2. The van der Waals surface area contributed by atoms with Crippen molar-refractivity contribution in [2.45, 2.75) is 65.0 Å². The van der Waals surface area contributed by atoms with E-state index >= 15 is 0 Å². The van der Waals surface area contributed by atoms with Crippen LogP contribution in [-0.2, 0) is 17.8 Å². The van der Waals surface area contributed by atoms with Crippen molar-refractivity contribution in [3.63, 3.8) is 0 Å². The van der Waals surface area contributed by atoms with E-state index in [1.807, 2.05) is 36.7 Å². The lowest BCUT2D eigenvalue weighted by atomic mass is 10.0. The van der Waals surface area contributed by atoms with Gasteiger partial charge in [-0.1, -0.05) is 24.6 Å². The molecule has 1 saturated heterocycles. The molecule has 2 aromatic rings. The van der Waals surface area contributed by atoms with Gasteiger partial charge in [-0.3, -0.25) is 14.4 Å². The predicted octanol–water partition coefficient (Wildman–Crippen LogP) is 3.70. The number of para-hydroxylation sites is 1. The minimum absolute atomic E-state index is 0.0467. The van der Waals surface area contributed by atoms with E-state index in [0.717, 1.165) is 41.4 Å². The fourth-order valence-electron chi connectivity index (χ4n) is 4.61. The first-order valence-electron chi connectivity index (χ1n) is 11.6. The van der Waals surface area contributed by atoms with E-state index in [4.69, 9.17) is 10.00 Å². The number of hydrogen-bond acceptors (Lipinski definition) is 5. The Kier molecular flexibility index (Phi) is 8.69. The highest BCUT2D eigenvalue weighted by atomic mass is 16.5. The van der Waals surface area contributed by atoms with Crippen molar-refractivity contribution in [3.05, 3.63) is 46.8 Å². The van der Waals surface area contributed by atoms with Crippen molar-refractivity contribution < 1.29 is 9.53 Å². The summed E-state index contributed by atoms with van der Waals surface area (Å²) in [6.45, 7) is 7.22. The number of amides is 1. The Morgan fingerprint density at radius 3 is 2.72 bits per heavy atom. The maximum Gasteiger partial charge on any atom is 0.220 e. The summed E-state index contributed by atoms with van der Waals surface area (Å²) in [6, 6.07) is 10.4. The summed E-state index contributed by atoms with van der Waals surface area (Å²) in [4.78, 5) is 15.2. The minimum atomic E-state index is 0.0467. The summed E-state index contributed by atoms with van der Waals surface area (Å²) in [6.07, 6.45) is 5.15.